The first-order chi connectivity index (χ1) is 11.2. The first-order valence-corrected chi connectivity index (χ1v) is 10.2. The molecule has 2 heterocycles. The van der Waals surface area contributed by atoms with Gasteiger partial charge in [0.05, 0.1) is 16.0 Å². The smallest absolute Gasteiger partial charge is 0.175 e. The second-order valence-electron chi connectivity index (χ2n) is 4.25. The minimum absolute atomic E-state index is 0.0115. The number of aliphatic hydroxyl groups excluding tert-OH is 1. The van der Waals surface area contributed by atoms with Crippen LogP contribution in [0.25, 0.3) is 15.8 Å². The lowest BCUT2D eigenvalue weighted by Gasteiger charge is -1.99. The van der Waals surface area contributed by atoms with Gasteiger partial charge in [-0.05, 0) is 18.4 Å². The van der Waals surface area contributed by atoms with E-state index in [0.29, 0.717) is 5.01 Å². The third kappa shape index (κ3) is 3.67. The molecule has 0 radical (unpaired) electrons. The van der Waals surface area contributed by atoms with Crippen molar-refractivity contribution in [3.63, 3.8) is 0 Å². The predicted octanol–water partition coefficient (Wildman–Crippen LogP) is 4.45. The molecule has 23 heavy (non-hydrogen) atoms. The van der Waals surface area contributed by atoms with Gasteiger partial charge in [0, 0.05) is 0 Å². The molecule has 116 valence electrons. The van der Waals surface area contributed by atoms with Gasteiger partial charge in [0.25, 0.3) is 0 Å². The Hall–Kier alpha value is -1.60. The summed E-state index contributed by atoms with van der Waals surface area (Å²) < 4.78 is 2.63. The Morgan fingerprint density at radius 3 is 2.74 bits per heavy atom. The molecule has 0 saturated heterocycles. The zero-order chi connectivity index (χ0) is 16.2. The molecule has 0 aliphatic carbocycles. The summed E-state index contributed by atoms with van der Waals surface area (Å²) in [5.74, 6) is 0.277. The van der Waals surface area contributed by atoms with Gasteiger partial charge >= 0.3 is 0 Å². The Kier molecular flexibility index (Phi) is 5.17. The lowest BCUT2D eigenvalue weighted by molar-refractivity contribution is 0.421. The van der Waals surface area contributed by atoms with Crippen LogP contribution in [0.3, 0.4) is 0 Å². The van der Waals surface area contributed by atoms with Crippen molar-refractivity contribution in [1.29, 1.82) is 5.26 Å². The number of benzene rings is 1. The van der Waals surface area contributed by atoms with Crippen LogP contribution >= 0.6 is 46.2 Å². The van der Waals surface area contributed by atoms with Crippen LogP contribution in [0, 0.1) is 11.3 Å². The standard InChI is InChI=1S/C14H10N4OS4/c1-20-13-17-18-14(23-13)21-7-10(19)8(6-15)12-16-9-4-2-3-5-11(9)22-12/h2-5,19H,7H2,1H3/b10-8-. The monoisotopic (exact) mass is 378 g/mol. The van der Waals surface area contributed by atoms with Crippen molar-refractivity contribution < 1.29 is 5.11 Å². The van der Waals surface area contributed by atoms with Crippen molar-refractivity contribution >= 4 is 62.0 Å². The van der Waals surface area contributed by atoms with E-state index in [1.807, 2.05) is 30.5 Å². The Labute approximate surface area is 149 Å². The first kappa shape index (κ1) is 16.3. The maximum atomic E-state index is 10.3. The van der Waals surface area contributed by atoms with Crippen molar-refractivity contribution in [2.24, 2.45) is 0 Å². The van der Waals surface area contributed by atoms with E-state index in [2.05, 4.69) is 21.3 Å². The Morgan fingerprint density at radius 1 is 1.26 bits per heavy atom. The molecule has 3 rings (SSSR count). The Morgan fingerprint density at radius 2 is 2.04 bits per heavy atom. The molecular weight excluding hydrogens is 368 g/mol. The molecule has 1 aromatic carbocycles. The molecule has 2 aromatic heterocycles. The van der Waals surface area contributed by atoms with Gasteiger partial charge in [0.15, 0.2) is 8.68 Å². The number of aliphatic hydroxyl groups is 1. The molecule has 5 nitrogen and oxygen atoms in total. The number of thioether (sulfide) groups is 2. The number of rotatable bonds is 5. The second-order valence-corrected chi connectivity index (χ2v) is 8.53. The third-order valence-electron chi connectivity index (χ3n) is 2.80. The molecule has 0 unspecified atom stereocenters. The topological polar surface area (TPSA) is 82.7 Å². The summed E-state index contributed by atoms with van der Waals surface area (Å²) >= 11 is 5.76. The van der Waals surface area contributed by atoms with Crippen LogP contribution in [-0.2, 0) is 0 Å². The van der Waals surface area contributed by atoms with Gasteiger partial charge < -0.3 is 5.11 Å². The molecule has 0 saturated carbocycles. The SMILES string of the molecule is CSc1nnc(SC/C(O)=C(\C#N)c2nc3ccccc3s2)s1. The summed E-state index contributed by atoms with van der Waals surface area (Å²) in [7, 11) is 0. The summed E-state index contributed by atoms with van der Waals surface area (Å²) in [6, 6.07) is 9.72. The maximum Gasteiger partial charge on any atom is 0.175 e. The Balaban J connectivity index is 1.82. The van der Waals surface area contributed by atoms with Crippen molar-refractivity contribution in [2.45, 2.75) is 8.68 Å². The van der Waals surface area contributed by atoms with E-state index in [0.717, 1.165) is 18.9 Å². The second kappa shape index (κ2) is 7.31. The van der Waals surface area contributed by atoms with Crippen LogP contribution < -0.4 is 0 Å². The molecule has 3 aromatic rings. The van der Waals surface area contributed by atoms with Gasteiger partial charge in [-0.15, -0.1) is 21.5 Å². The third-order valence-corrected chi connectivity index (χ3v) is 6.90. The van der Waals surface area contributed by atoms with Gasteiger partial charge in [0.2, 0.25) is 0 Å². The number of nitriles is 1. The summed E-state index contributed by atoms with van der Waals surface area (Å²) in [6.07, 6.45) is 1.94. The summed E-state index contributed by atoms with van der Waals surface area (Å²) in [6.45, 7) is 0. The van der Waals surface area contributed by atoms with Gasteiger partial charge in [-0.1, -0.05) is 47.0 Å². The van der Waals surface area contributed by atoms with E-state index in [1.165, 1.54) is 46.2 Å². The lowest BCUT2D eigenvalue weighted by Crippen LogP contribution is -1.92. The predicted molar refractivity (Wildman–Crippen MR) is 97.2 cm³/mol. The molecule has 0 fully saturated rings. The number of thiazole rings is 1. The number of fused-ring (bicyclic) bond motifs is 1. The van der Waals surface area contributed by atoms with E-state index in [-0.39, 0.29) is 17.1 Å². The number of nitrogens with zero attached hydrogens (tertiary/aromatic N) is 4. The number of hydrogen-bond donors (Lipinski definition) is 1. The van der Waals surface area contributed by atoms with Gasteiger partial charge in [-0.2, -0.15) is 5.26 Å². The summed E-state index contributed by atoms with van der Waals surface area (Å²) in [5.41, 5.74) is 1.04. The highest BCUT2D eigenvalue weighted by molar-refractivity contribution is 8.03. The molecular formula is C14H10N4OS4. The molecule has 0 bridgehead atoms. The highest BCUT2D eigenvalue weighted by atomic mass is 32.2. The maximum absolute atomic E-state index is 10.3. The van der Waals surface area contributed by atoms with Crippen molar-refractivity contribution in [1.82, 2.24) is 15.2 Å². The largest absolute Gasteiger partial charge is 0.510 e. The van der Waals surface area contributed by atoms with Gasteiger partial charge in [-0.25, -0.2) is 4.98 Å². The van der Waals surface area contributed by atoms with E-state index in [4.69, 9.17) is 0 Å². The van der Waals surface area contributed by atoms with Crippen LogP contribution in [0.2, 0.25) is 0 Å². The fourth-order valence-electron chi connectivity index (χ4n) is 1.76. The van der Waals surface area contributed by atoms with E-state index in [1.54, 1.807) is 0 Å². The van der Waals surface area contributed by atoms with Crippen LogP contribution in [0.4, 0.5) is 0 Å². The quantitative estimate of drug-likeness (QED) is 0.399. The normalized spacial score (nSPS) is 12.2. The molecule has 0 aliphatic rings. The average Bonchev–Trinajstić information content (AvgIpc) is 3.20. The minimum atomic E-state index is 0.0115. The van der Waals surface area contributed by atoms with Gasteiger partial charge in [-0.3, -0.25) is 0 Å². The highest BCUT2D eigenvalue weighted by Crippen LogP contribution is 2.31. The number of aromatic nitrogens is 3. The lowest BCUT2D eigenvalue weighted by atomic mass is 10.2. The van der Waals surface area contributed by atoms with E-state index >= 15 is 0 Å². The fraction of sp³-hybridized carbons (Fsp3) is 0.143. The Bertz CT molecular complexity index is 876. The minimum Gasteiger partial charge on any atom is -0.510 e. The molecule has 0 spiro atoms. The van der Waals surface area contributed by atoms with Crippen LogP contribution in [0.5, 0.6) is 0 Å². The number of para-hydroxylation sites is 1. The molecule has 0 aliphatic heterocycles. The van der Waals surface area contributed by atoms with Crippen LogP contribution in [0.15, 0.2) is 38.7 Å². The molecule has 0 amide bonds. The highest BCUT2D eigenvalue weighted by Gasteiger charge is 2.15. The fourth-order valence-corrected chi connectivity index (χ4v) is 5.05. The van der Waals surface area contributed by atoms with Crippen molar-refractivity contribution in [3.05, 3.63) is 35.0 Å². The molecule has 1 N–H and O–H groups in total. The molecule has 0 atom stereocenters. The van der Waals surface area contributed by atoms with E-state index in [9.17, 15) is 10.4 Å². The number of hydrogen-bond acceptors (Lipinski definition) is 9. The zero-order valence-corrected chi connectivity index (χ0v) is 15.2. The van der Waals surface area contributed by atoms with E-state index < -0.39 is 0 Å². The summed E-state index contributed by atoms with van der Waals surface area (Å²) in [5, 5.41) is 28.2. The first-order valence-electron chi connectivity index (χ1n) is 6.39. The van der Waals surface area contributed by atoms with Crippen LogP contribution in [-0.4, -0.2) is 32.3 Å². The average molecular weight is 379 g/mol. The van der Waals surface area contributed by atoms with Crippen LogP contribution in [0.1, 0.15) is 5.01 Å². The summed E-state index contributed by atoms with van der Waals surface area (Å²) in [4.78, 5) is 4.42. The zero-order valence-electron chi connectivity index (χ0n) is 11.9. The van der Waals surface area contributed by atoms with Crippen molar-refractivity contribution in [3.8, 4) is 6.07 Å². The number of allylic oxidation sites excluding steroid dienone is 1. The molecule has 9 heteroatoms. The van der Waals surface area contributed by atoms with Crippen molar-refractivity contribution in [2.75, 3.05) is 12.0 Å². The van der Waals surface area contributed by atoms with Gasteiger partial charge in [0.1, 0.15) is 22.4 Å².